The molecular weight excluding hydrogens is 387 g/mol. The lowest BCUT2D eigenvalue weighted by Gasteiger charge is -2.33. The van der Waals surface area contributed by atoms with Crippen molar-refractivity contribution in [1.82, 2.24) is 0 Å². The summed E-state index contributed by atoms with van der Waals surface area (Å²) in [6.45, 7) is 5.61. The van der Waals surface area contributed by atoms with Crippen molar-refractivity contribution in [1.29, 1.82) is 0 Å². The van der Waals surface area contributed by atoms with Gasteiger partial charge in [-0.3, -0.25) is 0 Å². The van der Waals surface area contributed by atoms with E-state index in [4.69, 9.17) is 10.5 Å². The van der Waals surface area contributed by atoms with E-state index in [1.54, 1.807) is 25.1 Å². The predicted octanol–water partition coefficient (Wildman–Crippen LogP) is 6.99. The van der Waals surface area contributed by atoms with Gasteiger partial charge in [0.1, 0.15) is 11.3 Å². The van der Waals surface area contributed by atoms with Crippen LogP contribution >= 0.6 is 0 Å². The van der Waals surface area contributed by atoms with Gasteiger partial charge in [0.15, 0.2) is 0 Å². The van der Waals surface area contributed by atoms with Gasteiger partial charge in [0.2, 0.25) is 0 Å². The highest BCUT2D eigenvalue weighted by Crippen LogP contribution is 2.44. The molecule has 0 bridgehead atoms. The quantitative estimate of drug-likeness (QED) is 0.580. The van der Waals surface area contributed by atoms with Gasteiger partial charge in [0, 0.05) is 5.54 Å². The normalized spacial score (nSPS) is 23.8. The zero-order valence-electron chi connectivity index (χ0n) is 17.6. The van der Waals surface area contributed by atoms with Crippen molar-refractivity contribution >= 4 is 10.8 Å². The number of alkyl halides is 3. The van der Waals surface area contributed by atoms with E-state index in [1.165, 1.54) is 37.8 Å². The lowest BCUT2D eigenvalue weighted by molar-refractivity contribution is -0.138. The molecule has 4 rings (SSSR count). The van der Waals surface area contributed by atoms with Crippen LogP contribution in [0, 0.1) is 18.8 Å². The van der Waals surface area contributed by atoms with Crippen LogP contribution in [0.25, 0.3) is 10.8 Å². The maximum atomic E-state index is 14.0. The number of fused-ring (bicyclic) bond motifs is 1. The summed E-state index contributed by atoms with van der Waals surface area (Å²) in [4.78, 5) is 0. The Morgan fingerprint density at radius 3 is 2.17 bits per heavy atom. The van der Waals surface area contributed by atoms with Gasteiger partial charge < -0.3 is 10.5 Å². The summed E-state index contributed by atoms with van der Waals surface area (Å²) in [7, 11) is 0. The van der Waals surface area contributed by atoms with Gasteiger partial charge in [0.25, 0.3) is 0 Å². The maximum Gasteiger partial charge on any atom is 0.420 e. The van der Waals surface area contributed by atoms with Crippen LogP contribution in [0.3, 0.4) is 0 Å². The van der Waals surface area contributed by atoms with Gasteiger partial charge in [-0.1, -0.05) is 43.9 Å². The summed E-state index contributed by atoms with van der Waals surface area (Å²) in [5, 5.41) is 0.644. The molecule has 1 radical (unpaired) electrons. The smallest absolute Gasteiger partial charge is 0.420 e. The molecule has 2 fully saturated rings. The van der Waals surface area contributed by atoms with Crippen molar-refractivity contribution < 1.29 is 17.9 Å². The minimum atomic E-state index is -4.49. The molecule has 0 aromatic heterocycles. The van der Waals surface area contributed by atoms with Crippen LogP contribution in [0.4, 0.5) is 13.2 Å². The van der Waals surface area contributed by atoms with Crippen LogP contribution < -0.4 is 10.5 Å². The molecule has 2 N–H and O–H groups in total. The van der Waals surface area contributed by atoms with Crippen LogP contribution in [-0.4, -0.2) is 6.10 Å². The van der Waals surface area contributed by atoms with Crippen LogP contribution in [-0.2, 0) is 11.7 Å². The highest BCUT2D eigenvalue weighted by atomic mass is 19.4. The van der Waals surface area contributed by atoms with Crippen molar-refractivity contribution in [2.45, 2.75) is 76.1 Å². The zero-order chi connectivity index (χ0) is 21.5. The van der Waals surface area contributed by atoms with Crippen LogP contribution in [0.2, 0.25) is 0 Å². The van der Waals surface area contributed by atoms with E-state index in [1.807, 2.05) is 0 Å². The molecule has 0 unspecified atom stereocenters. The molecule has 0 heterocycles. The lowest BCUT2D eigenvalue weighted by Crippen LogP contribution is -2.29. The Hall–Kier alpha value is -1.75. The van der Waals surface area contributed by atoms with E-state index >= 15 is 0 Å². The minimum absolute atomic E-state index is 0.0581. The Morgan fingerprint density at radius 2 is 1.57 bits per heavy atom. The first-order valence-corrected chi connectivity index (χ1v) is 11.1. The van der Waals surface area contributed by atoms with Gasteiger partial charge in [-0.25, -0.2) is 0 Å². The summed E-state index contributed by atoms with van der Waals surface area (Å²) in [6.07, 6.45) is 4.44. The topological polar surface area (TPSA) is 35.2 Å². The molecule has 1 atom stereocenters. The molecule has 30 heavy (non-hydrogen) atoms. The van der Waals surface area contributed by atoms with E-state index in [0.29, 0.717) is 10.9 Å². The summed E-state index contributed by atoms with van der Waals surface area (Å²) < 4.78 is 48.0. The first-order chi connectivity index (χ1) is 14.1. The van der Waals surface area contributed by atoms with Crippen LogP contribution in [0.5, 0.6) is 5.75 Å². The fourth-order valence-electron chi connectivity index (χ4n) is 5.34. The second kappa shape index (κ2) is 8.07. The first kappa shape index (κ1) is 21.5. The number of hydrogen-bond donors (Lipinski definition) is 1. The molecule has 0 aliphatic heterocycles. The largest absolute Gasteiger partial charge is 0.490 e. The Bertz CT molecular complexity index is 886. The van der Waals surface area contributed by atoms with Gasteiger partial charge >= 0.3 is 6.18 Å². The molecule has 2 aromatic rings. The second-order valence-electron chi connectivity index (χ2n) is 9.49. The molecular formula is C25H31F3NO. The van der Waals surface area contributed by atoms with Gasteiger partial charge in [-0.05, 0) is 79.8 Å². The molecule has 2 aliphatic rings. The predicted molar refractivity (Wildman–Crippen MR) is 114 cm³/mol. The SMILES string of the molecule is [CH2][C@](C)(N)c1ccc2c(C(F)(F)F)c(OC3CCC(C4CCCC4)CC3)ccc2c1. The molecule has 163 valence electrons. The number of hydrogen-bond acceptors (Lipinski definition) is 2. The molecule has 0 spiro atoms. The number of rotatable bonds is 4. The molecule has 2 nitrogen and oxygen atoms in total. The Morgan fingerprint density at radius 1 is 0.933 bits per heavy atom. The number of benzene rings is 2. The van der Waals surface area contributed by atoms with Crippen molar-refractivity contribution in [2.75, 3.05) is 0 Å². The Balaban J connectivity index is 1.58. The third-order valence-corrected chi connectivity index (χ3v) is 7.00. The van der Waals surface area contributed by atoms with Gasteiger partial charge in [-0.2, -0.15) is 13.2 Å². The van der Waals surface area contributed by atoms with Crippen molar-refractivity contribution in [3.05, 3.63) is 48.4 Å². The van der Waals surface area contributed by atoms with Crippen LogP contribution in [0.15, 0.2) is 30.3 Å². The number of nitrogens with two attached hydrogens (primary N) is 1. The zero-order valence-corrected chi connectivity index (χ0v) is 17.6. The minimum Gasteiger partial charge on any atom is -0.490 e. The molecule has 5 heteroatoms. The fraction of sp³-hybridized carbons (Fsp3) is 0.560. The van der Waals surface area contributed by atoms with Crippen molar-refractivity contribution in [3.63, 3.8) is 0 Å². The summed E-state index contributed by atoms with van der Waals surface area (Å²) in [5.41, 5.74) is 5.17. The summed E-state index contributed by atoms with van der Waals surface area (Å²) in [6, 6.07) is 7.97. The Labute approximate surface area is 177 Å². The molecule has 0 amide bonds. The lowest BCUT2D eigenvalue weighted by atomic mass is 9.78. The van der Waals surface area contributed by atoms with E-state index < -0.39 is 17.3 Å². The van der Waals surface area contributed by atoms with E-state index in [0.717, 1.165) is 37.5 Å². The van der Waals surface area contributed by atoms with Gasteiger partial charge in [-0.15, -0.1) is 0 Å². The van der Waals surface area contributed by atoms with E-state index in [2.05, 4.69) is 6.92 Å². The summed E-state index contributed by atoms with van der Waals surface area (Å²) in [5.74, 6) is 1.47. The number of halogens is 3. The maximum absolute atomic E-state index is 14.0. The van der Waals surface area contributed by atoms with E-state index in [-0.39, 0.29) is 17.2 Å². The average Bonchev–Trinajstić information content (AvgIpc) is 3.21. The fourth-order valence-corrected chi connectivity index (χ4v) is 5.34. The van der Waals surface area contributed by atoms with Crippen molar-refractivity contribution in [3.8, 4) is 5.75 Å². The summed E-state index contributed by atoms with van der Waals surface area (Å²) >= 11 is 0. The average molecular weight is 419 g/mol. The standard InChI is InChI=1S/C25H31F3NO/c1-24(2,29)19-10-13-21-18(15-19)9-14-22(23(21)25(26,27)28)30-20-11-7-17(8-12-20)16-5-3-4-6-16/h9-10,13-17,20H,1,3-8,11-12,29H2,2H3/t17?,20?,24-/m1/s1. The monoisotopic (exact) mass is 418 g/mol. The van der Waals surface area contributed by atoms with Crippen LogP contribution in [0.1, 0.15) is 69.4 Å². The highest BCUT2D eigenvalue weighted by Gasteiger charge is 2.38. The third-order valence-electron chi connectivity index (χ3n) is 7.00. The third kappa shape index (κ3) is 4.46. The second-order valence-corrected chi connectivity index (χ2v) is 9.49. The molecule has 2 saturated carbocycles. The molecule has 2 aliphatic carbocycles. The highest BCUT2D eigenvalue weighted by molar-refractivity contribution is 5.89. The van der Waals surface area contributed by atoms with Crippen molar-refractivity contribution in [2.24, 2.45) is 17.6 Å². The van der Waals surface area contributed by atoms with E-state index in [9.17, 15) is 13.2 Å². The Kier molecular flexibility index (Phi) is 5.78. The number of ether oxygens (including phenoxy) is 1. The van der Waals surface area contributed by atoms with Gasteiger partial charge in [0.05, 0.1) is 6.10 Å². The first-order valence-electron chi connectivity index (χ1n) is 11.1. The molecule has 2 aromatic carbocycles. The molecule has 0 saturated heterocycles.